The van der Waals surface area contributed by atoms with Crippen molar-refractivity contribution >= 4 is 16.6 Å². The Bertz CT molecular complexity index is 971. The van der Waals surface area contributed by atoms with Crippen LogP contribution in [0, 0.1) is 25.2 Å². The number of rotatable bonds is 4. The Balaban J connectivity index is 2.13. The molecule has 0 saturated heterocycles. The third-order valence-corrected chi connectivity index (χ3v) is 4.12. The highest BCUT2D eigenvalue weighted by Gasteiger charge is 2.18. The van der Waals surface area contributed by atoms with Gasteiger partial charge in [-0.05, 0) is 25.5 Å². The fraction of sp³-hybridized carbons (Fsp3) is 0.278. The molecule has 0 spiro atoms. The highest BCUT2D eigenvalue weighted by molar-refractivity contribution is 5.96. The highest BCUT2D eigenvalue weighted by atomic mass is 19.3. The molecule has 0 unspecified atom stereocenters. The van der Waals surface area contributed by atoms with Crippen LogP contribution >= 0.6 is 0 Å². The number of fused-ring (bicyclic) bond motifs is 1. The van der Waals surface area contributed by atoms with Crippen molar-refractivity contribution in [3.63, 3.8) is 0 Å². The molecule has 0 amide bonds. The van der Waals surface area contributed by atoms with Gasteiger partial charge in [-0.1, -0.05) is 11.6 Å². The molecule has 0 aliphatic heterocycles. The number of aromatic nitrogens is 3. The van der Waals surface area contributed by atoms with Crippen molar-refractivity contribution < 1.29 is 8.78 Å². The van der Waals surface area contributed by atoms with Gasteiger partial charge in [0.15, 0.2) is 0 Å². The van der Waals surface area contributed by atoms with E-state index in [1.165, 1.54) is 18.6 Å². The lowest BCUT2D eigenvalue weighted by Gasteiger charge is -2.23. The van der Waals surface area contributed by atoms with Crippen molar-refractivity contribution in [3.05, 3.63) is 53.2 Å². The molecule has 7 heteroatoms. The van der Waals surface area contributed by atoms with Crippen molar-refractivity contribution in [2.24, 2.45) is 0 Å². The minimum absolute atomic E-state index is 0.151. The topological polar surface area (TPSA) is 57.7 Å². The summed E-state index contributed by atoms with van der Waals surface area (Å²) < 4.78 is 26.9. The Morgan fingerprint density at radius 3 is 2.72 bits per heavy atom. The van der Waals surface area contributed by atoms with E-state index in [4.69, 9.17) is 0 Å². The van der Waals surface area contributed by atoms with Gasteiger partial charge in [0, 0.05) is 31.0 Å². The summed E-state index contributed by atoms with van der Waals surface area (Å²) in [6.07, 6.45) is 4.12. The second-order valence-electron chi connectivity index (χ2n) is 5.99. The predicted octanol–water partition coefficient (Wildman–Crippen LogP) is 3.95. The first-order valence-corrected chi connectivity index (χ1v) is 7.73. The second-order valence-corrected chi connectivity index (χ2v) is 5.99. The number of aryl methyl sites for hydroxylation is 2. The average molecular weight is 341 g/mol. The smallest absolute Gasteiger partial charge is 0.319 e. The molecule has 2 heterocycles. The quantitative estimate of drug-likeness (QED) is 0.721. The van der Waals surface area contributed by atoms with Crippen LogP contribution in [0.15, 0.2) is 30.7 Å². The molecule has 3 rings (SSSR count). The van der Waals surface area contributed by atoms with Crippen LogP contribution in [0.4, 0.5) is 14.5 Å². The first-order valence-electron chi connectivity index (χ1n) is 7.73. The zero-order valence-corrected chi connectivity index (χ0v) is 14.2. The monoisotopic (exact) mass is 341 g/mol. The van der Waals surface area contributed by atoms with E-state index in [0.717, 1.165) is 26.6 Å². The van der Waals surface area contributed by atoms with Gasteiger partial charge in [0.1, 0.15) is 11.9 Å². The number of halogens is 2. The number of imidazole rings is 1. The molecular formula is C18H17F2N5. The Morgan fingerprint density at radius 1 is 1.28 bits per heavy atom. The highest BCUT2D eigenvalue weighted by Crippen LogP contribution is 2.32. The summed E-state index contributed by atoms with van der Waals surface area (Å²) >= 11 is 0. The third kappa shape index (κ3) is 3.03. The number of anilines is 1. The molecule has 5 nitrogen and oxygen atoms in total. The van der Waals surface area contributed by atoms with E-state index in [1.807, 2.05) is 26.0 Å². The van der Waals surface area contributed by atoms with Gasteiger partial charge in [0.25, 0.3) is 0 Å². The van der Waals surface area contributed by atoms with Crippen LogP contribution in [0.1, 0.15) is 29.1 Å². The molecule has 25 heavy (non-hydrogen) atoms. The van der Waals surface area contributed by atoms with Gasteiger partial charge in [-0.25, -0.2) is 4.98 Å². The van der Waals surface area contributed by atoms with Crippen molar-refractivity contribution in [1.82, 2.24) is 14.5 Å². The minimum Gasteiger partial charge on any atom is -0.365 e. The van der Waals surface area contributed by atoms with Crippen molar-refractivity contribution in [2.75, 3.05) is 11.9 Å². The van der Waals surface area contributed by atoms with Crippen molar-refractivity contribution in [2.45, 2.75) is 26.9 Å². The lowest BCUT2D eigenvalue weighted by atomic mass is 10.0. The third-order valence-electron chi connectivity index (χ3n) is 4.12. The standard InChI is InChI=1S/C18H17F2N5/c1-11-6-12(2)16-14(7-11)17(13(8-21)9-23-16)24(3)10-15-22-4-5-25(15)18(19)20/h4-7,9,18H,10H2,1-3H3. The van der Waals surface area contributed by atoms with Crippen LogP contribution in [0.2, 0.25) is 0 Å². The maximum absolute atomic E-state index is 13.1. The number of hydrogen-bond donors (Lipinski definition) is 0. The normalized spacial score (nSPS) is 11.1. The summed E-state index contributed by atoms with van der Waals surface area (Å²) in [6.45, 7) is 1.43. The summed E-state index contributed by atoms with van der Waals surface area (Å²) in [6, 6.07) is 6.13. The van der Waals surface area contributed by atoms with Gasteiger partial charge in [0.2, 0.25) is 0 Å². The molecule has 0 N–H and O–H groups in total. The summed E-state index contributed by atoms with van der Waals surface area (Å²) in [5.41, 5.74) is 3.91. The molecule has 0 bridgehead atoms. The molecule has 0 saturated carbocycles. The van der Waals surface area contributed by atoms with E-state index in [1.54, 1.807) is 11.9 Å². The van der Waals surface area contributed by atoms with Gasteiger partial charge < -0.3 is 4.90 Å². The average Bonchev–Trinajstić information content (AvgIpc) is 3.01. The number of hydrogen-bond acceptors (Lipinski definition) is 4. The maximum Gasteiger partial charge on any atom is 0.319 e. The minimum atomic E-state index is -2.65. The van der Waals surface area contributed by atoms with E-state index >= 15 is 0 Å². The number of alkyl halides is 2. The molecule has 2 aromatic heterocycles. The molecule has 0 radical (unpaired) electrons. The van der Waals surface area contributed by atoms with Crippen LogP contribution in [0.3, 0.4) is 0 Å². The van der Waals surface area contributed by atoms with E-state index in [0.29, 0.717) is 11.3 Å². The summed E-state index contributed by atoms with van der Waals surface area (Å²) in [7, 11) is 1.76. The Labute approximate surface area is 144 Å². The first-order chi connectivity index (χ1) is 11.9. The molecule has 3 aromatic rings. The van der Waals surface area contributed by atoms with Crippen LogP contribution in [0.25, 0.3) is 10.9 Å². The largest absolute Gasteiger partial charge is 0.365 e. The molecular weight excluding hydrogens is 324 g/mol. The summed E-state index contributed by atoms with van der Waals surface area (Å²) in [5.74, 6) is 0.232. The molecule has 0 atom stereocenters. The van der Waals surface area contributed by atoms with Gasteiger partial charge in [0.05, 0.1) is 23.3 Å². The predicted molar refractivity (Wildman–Crippen MR) is 91.5 cm³/mol. The number of pyridine rings is 1. The van der Waals surface area contributed by atoms with E-state index in [-0.39, 0.29) is 12.4 Å². The van der Waals surface area contributed by atoms with Gasteiger partial charge in [-0.3, -0.25) is 9.55 Å². The Morgan fingerprint density at radius 2 is 2.04 bits per heavy atom. The fourth-order valence-electron chi connectivity index (χ4n) is 3.08. The zero-order chi connectivity index (χ0) is 18.1. The summed E-state index contributed by atoms with van der Waals surface area (Å²) in [4.78, 5) is 10.2. The van der Waals surface area contributed by atoms with E-state index < -0.39 is 6.55 Å². The van der Waals surface area contributed by atoms with Gasteiger partial charge >= 0.3 is 6.55 Å². The van der Waals surface area contributed by atoms with E-state index in [2.05, 4.69) is 16.0 Å². The molecule has 0 aliphatic carbocycles. The lowest BCUT2D eigenvalue weighted by molar-refractivity contribution is 0.0670. The Hall–Kier alpha value is -3.01. The number of nitrogens with zero attached hydrogens (tertiary/aromatic N) is 5. The number of nitriles is 1. The van der Waals surface area contributed by atoms with Crippen molar-refractivity contribution in [1.29, 1.82) is 5.26 Å². The first kappa shape index (κ1) is 16.8. The maximum atomic E-state index is 13.1. The van der Waals surface area contributed by atoms with Crippen LogP contribution in [-0.2, 0) is 6.54 Å². The number of benzene rings is 1. The van der Waals surface area contributed by atoms with E-state index in [9.17, 15) is 14.0 Å². The SMILES string of the molecule is Cc1cc(C)c2ncc(C#N)c(N(C)Cc3nccn3C(F)F)c2c1. The summed E-state index contributed by atoms with van der Waals surface area (Å²) in [5, 5.41) is 10.3. The second kappa shape index (κ2) is 6.48. The van der Waals surface area contributed by atoms with Crippen molar-refractivity contribution in [3.8, 4) is 6.07 Å². The molecule has 0 fully saturated rings. The van der Waals surface area contributed by atoms with Crippen LogP contribution < -0.4 is 4.90 Å². The van der Waals surface area contributed by atoms with Crippen LogP contribution in [0.5, 0.6) is 0 Å². The lowest BCUT2D eigenvalue weighted by Crippen LogP contribution is -2.21. The molecule has 128 valence electrons. The zero-order valence-electron chi connectivity index (χ0n) is 14.2. The Kier molecular flexibility index (Phi) is 4.36. The van der Waals surface area contributed by atoms with Gasteiger partial charge in [-0.15, -0.1) is 0 Å². The van der Waals surface area contributed by atoms with Gasteiger partial charge in [-0.2, -0.15) is 14.0 Å². The molecule has 0 aliphatic rings. The molecule has 1 aromatic carbocycles. The fourth-order valence-corrected chi connectivity index (χ4v) is 3.08. The van der Waals surface area contributed by atoms with Crippen LogP contribution in [-0.4, -0.2) is 21.6 Å².